The van der Waals surface area contributed by atoms with Crippen molar-refractivity contribution in [3.63, 3.8) is 0 Å². The molecule has 0 bridgehead atoms. The minimum Gasteiger partial charge on any atom is -0.301 e. The Morgan fingerprint density at radius 3 is 2.48 bits per heavy atom. The lowest BCUT2D eigenvalue weighted by atomic mass is 9.89. The molecule has 3 heterocycles. The summed E-state index contributed by atoms with van der Waals surface area (Å²) >= 11 is 0. The van der Waals surface area contributed by atoms with Crippen LogP contribution in [0.3, 0.4) is 0 Å². The molecule has 2 aliphatic heterocycles. The SMILES string of the molecule is Cc1ccnn1CCN1CCC(C(C)N2CCCC2)CC1. The molecule has 1 unspecified atom stereocenters. The fourth-order valence-electron chi connectivity index (χ4n) is 3.97. The van der Waals surface area contributed by atoms with Gasteiger partial charge in [0.1, 0.15) is 0 Å². The lowest BCUT2D eigenvalue weighted by molar-refractivity contribution is 0.108. The van der Waals surface area contributed by atoms with E-state index in [2.05, 4.69) is 39.5 Å². The van der Waals surface area contributed by atoms with E-state index in [1.165, 1.54) is 57.6 Å². The Kier molecular flexibility index (Phi) is 4.96. The molecule has 2 fully saturated rings. The smallest absolute Gasteiger partial charge is 0.0539 e. The molecule has 4 heteroatoms. The van der Waals surface area contributed by atoms with Crippen molar-refractivity contribution in [2.45, 2.75) is 52.1 Å². The molecule has 3 rings (SSSR count). The average molecular weight is 290 g/mol. The molecule has 0 saturated carbocycles. The van der Waals surface area contributed by atoms with Gasteiger partial charge in [-0.1, -0.05) is 0 Å². The number of aryl methyl sites for hydroxylation is 1. The third-order valence-corrected chi connectivity index (χ3v) is 5.59. The Balaban J connectivity index is 1.41. The third-order valence-electron chi connectivity index (χ3n) is 5.59. The summed E-state index contributed by atoms with van der Waals surface area (Å²) in [5.74, 6) is 0.908. The Bertz CT molecular complexity index is 428. The minimum atomic E-state index is 0.794. The Labute approximate surface area is 129 Å². The first-order valence-corrected chi connectivity index (χ1v) is 8.69. The van der Waals surface area contributed by atoms with Crippen LogP contribution in [0.5, 0.6) is 0 Å². The Morgan fingerprint density at radius 1 is 1.14 bits per heavy atom. The lowest BCUT2D eigenvalue weighted by Crippen LogP contribution is -2.43. The number of hydrogen-bond acceptors (Lipinski definition) is 3. The average Bonchev–Trinajstić information content (AvgIpc) is 3.17. The zero-order valence-corrected chi connectivity index (χ0v) is 13.7. The second-order valence-electron chi connectivity index (χ2n) is 6.86. The maximum absolute atomic E-state index is 4.38. The van der Waals surface area contributed by atoms with Crippen LogP contribution < -0.4 is 0 Å². The molecule has 2 aliphatic rings. The maximum atomic E-state index is 4.38. The van der Waals surface area contributed by atoms with E-state index in [4.69, 9.17) is 0 Å². The van der Waals surface area contributed by atoms with Crippen LogP contribution >= 0.6 is 0 Å². The monoisotopic (exact) mass is 290 g/mol. The van der Waals surface area contributed by atoms with Gasteiger partial charge in [0, 0.05) is 24.5 Å². The van der Waals surface area contributed by atoms with Gasteiger partial charge < -0.3 is 9.80 Å². The number of nitrogens with zero attached hydrogens (tertiary/aromatic N) is 4. The van der Waals surface area contributed by atoms with E-state index < -0.39 is 0 Å². The van der Waals surface area contributed by atoms with Crippen molar-refractivity contribution < 1.29 is 0 Å². The highest BCUT2D eigenvalue weighted by atomic mass is 15.3. The van der Waals surface area contributed by atoms with Gasteiger partial charge in [0.2, 0.25) is 0 Å². The van der Waals surface area contributed by atoms with E-state index >= 15 is 0 Å². The van der Waals surface area contributed by atoms with Crippen molar-refractivity contribution >= 4 is 0 Å². The molecule has 0 radical (unpaired) electrons. The summed E-state index contributed by atoms with van der Waals surface area (Å²) in [6.07, 6.45) is 7.46. The predicted molar refractivity (Wildman–Crippen MR) is 86.4 cm³/mol. The molecule has 118 valence electrons. The van der Waals surface area contributed by atoms with Crippen LogP contribution in [0, 0.1) is 12.8 Å². The van der Waals surface area contributed by atoms with E-state index in [-0.39, 0.29) is 0 Å². The molecule has 1 aromatic rings. The molecule has 21 heavy (non-hydrogen) atoms. The minimum absolute atomic E-state index is 0.794. The first-order valence-electron chi connectivity index (χ1n) is 8.69. The third kappa shape index (κ3) is 3.67. The first kappa shape index (κ1) is 15.0. The van der Waals surface area contributed by atoms with Gasteiger partial charge in [0.15, 0.2) is 0 Å². The summed E-state index contributed by atoms with van der Waals surface area (Å²) in [5.41, 5.74) is 1.27. The Morgan fingerprint density at radius 2 is 1.86 bits per heavy atom. The van der Waals surface area contributed by atoms with Crippen LogP contribution in [0.25, 0.3) is 0 Å². The summed E-state index contributed by atoms with van der Waals surface area (Å²) in [7, 11) is 0. The van der Waals surface area contributed by atoms with Gasteiger partial charge in [-0.2, -0.15) is 5.10 Å². The van der Waals surface area contributed by atoms with Crippen LogP contribution in [0.15, 0.2) is 12.3 Å². The van der Waals surface area contributed by atoms with Crippen molar-refractivity contribution in [3.05, 3.63) is 18.0 Å². The molecule has 0 aromatic carbocycles. The van der Waals surface area contributed by atoms with Gasteiger partial charge >= 0.3 is 0 Å². The van der Waals surface area contributed by atoms with E-state index in [0.29, 0.717) is 0 Å². The molecular formula is C17H30N4. The number of likely N-dealkylation sites (tertiary alicyclic amines) is 2. The summed E-state index contributed by atoms with van der Waals surface area (Å²) in [5, 5.41) is 4.38. The quantitative estimate of drug-likeness (QED) is 0.832. The van der Waals surface area contributed by atoms with Crippen LogP contribution in [-0.4, -0.2) is 58.3 Å². The van der Waals surface area contributed by atoms with Gasteiger partial charge in [0.25, 0.3) is 0 Å². The number of piperidine rings is 1. The van der Waals surface area contributed by atoms with Gasteiger partial charge in [-0.15, -0.1) is 0 Å². The number of aromatic nitrogens is 2. The largest absolute Gasteiger partial charge is 0.301 e. The second kappa shape index (κ2) is 6.93. The molecule has 0 spiro atoms. The van der Waals surface area contributed by atoms with Crippen molar-refractivity contribution in [2.75, 3.05) is 32.7 Å². The number of hydrogen-bond donors (Lipinski definition) is 0. The summed E-state index contributed by atoms with van der Waals surface area (Å²) in [6, 6.07) is 2.88. The van der Waals surface area contributed by atoms with Crippen LogP contribution in [0.1, 0.15) is 38.3 Å². The highest BCUT2D eigenvalue weighted by molar-refractivity contribution is 4.96. The zero-order chi connectivity index (χ0) is 14.7. The van der Waals surface area contributed by atoms with Crippen LogP contribution in [0.2, 0.25) is 0 Å². The van der Waals surface area contributed by atoms with Crippen molar-refractivity contribution in [2.24, 2.45) is 5.92 Å². The first-order chi connectivity index (χ1) is 10.2. The van der Waals surface area contributed by atoms with Gasteiger partial charge in [0.05, 0.1) is 6.54 Å². The molecular weight excluding hydrogens is 260 g/mol. The lowest BCUT2D eigenvalue weighted by Gasteiger charge is -2.38. The molecule has 0 aliphatic carbocycles. The second-order valence-corrected chi connectivity index (χ2v) is 6.86. The van der Waals surface area contributed by atoms with Crippen molar-refractivity contribution in [1.82, 2.24) is 19.6 Å². The standard InChI is InChI=1S/C17H30N4/c1-15-5-8-18-21(15)14-13-19-11-6-17(7-12-19)16(2)20-9-3-4-10-20/h5,8,16-17H,3-4,6-7,9-14H2,1-2H3. The highest BCUT2D eigenvalue weighted by Crippen LogP contribution is 2.26. The van der Waals surface area contributed by atoms with Crippen LogP contribution in [-0.2, 0) is 6.54 Å². The van der Waals surface area contributed by atoms with Crippen molar-refractivity contribution in [1.29, 1.82) is 0 Å². The zero-order valence-electron chi connectivity index (χ0n) is 13.7. The summed E-state index contributed by atoms with van der Waals surface area (Å²) < 4.78 is 2.12. The summed E-state index contributed by atoms with van der Waals surface area (Å²) in [4.78, 5) is 5.34. The van der Waals surface area contributed by atoms with E-state index in [1.807, 2.05) is 6.20 Å². The molecule has 1 aromatic heterocycles. The number of rotatable bonds is 5. The molecule has 0 amide bonds. The van der Waals surface area contributed by atoms with Crippen LogP contribution in [0.4, 0.5) is 0 Å². The fraction of sp³-hybridized carbons (Fsp3) is 0.824. The van der Waals surface area contributed by atoms with E-state index in [1.54, 1.807) is 0 Å². The summed E-state index contributed by atoms with van der Waals surface area (Å²) in [6.45, 7) is 12.0. The molecule has 0 N–H and O–H groups in total. The van der Waals surface area contributed by atoms with Crippen molar-refractivity contribution in [3.8, 4) is 0 Å². The molecule has 4 nitrogen and oxygen atoms in total. The van der Waals surface area contributed by atoms with Gasteiger partial charge in [-0.3, -0.25) is 4.68 Å². The Hall–Kier alpha value is -0.870. The topological polar surface area (TPSA) is 24.3 Å². The van der Waals surface area contributed by atoms with Gasteiger partial charge in [-0.25, -0.2) is 0 Å². The highest BCUT2D eigenvalue weighted by Gasteiger charge is 2.28. The predicted octanol–water partition coefficient (Wildman–Crippen LogP) is 2.39. The maximum Gasteiger partial charge on any atom is 0.0539 e. The van der Waals surface area contributed by atoms with Gasteiger partial charge in [-0.05, 0) is 77.7 Å². The normalized spacial score (nSPS) is 23.7. The molecule has 2 saturated heterocycles. The fourth-order valence-corrected chi connectivity index (χ4v) is 3.97. The van der Waals surface area contributed by atoms with E-state index in [9.17, 15) is 0 Å². The van der Waals surface area contributed by atoms with E-state index in [0.717, 1.165) is 25.0 Å². The molecule has 1 atom stereocenters.